The largest absolute Gasteiger partial charge is 0.339 e. The monoisotopic (exact) mass is 279 g/mol. The highest BCUT2D eigenvalue weighted by Crippen LogP contribution is 2.26. The molecule has 0 spiro atoms. The summed E-state index contributed by atoms with van der Waals surface area (Å²) in [6.07, 6.45) is 2.16. The summed E-state index contributed by atoms with van der Waals surface area (Å²) in [6, 6.07) is 8.18. The van der Waals surface area contributed by atoms with Crippen LogP contribution in [-0.4, -0.2) is 23.2 Å². The Balaban J connectivity index is 0.00000133. The molecule has 1 fully saturated rings. The van der Waals surface area contributed by atoms with Crippen molar-refractivity contribution in [3.05, 3.63) is 35.7 Å². The molecule has 2 heterocycles. The summed E-state index contributed by atoms with van der Waals surface area (Å²) in [5.74, 6) is 1.90. The van der Waals surface area contributed by atoms with Gasteiger partial charge in [-0.3, -0.25) is 0 Å². The van der Waals surface area contributed by atoms with Crippen LogP contribution in [0.2, 0.25) is 0 Å². The number of nitrogens with zero attached hydrogens (tertiary/aromatic N) is 2. The van der Waals surface area contributed by atoms with Gasteiger partial charge in [0.2, 0.25) is 11.7 Å². The molecule has 0 amide bonds. The lowest BCUT2D eigenvalue weighted by Crippen LogP contribution is -2.26. The molecule has 5 heteroatoms. The van der Waals surface area contributed by atoms with Crippen molar-refractivity contribution in [3.8, 4) is 11.4 Å². The molecule has 1 aliphatic heterocycles. The molecule has 0 unspecified atom stereocenters. The van der Waals surface area contributed by atoms with Crippen molar-refractivity contribution in [1.82, 2.24) is 15.5 Å². The first-order valence-corrected chi connectivity index (χ1v) is 6.44. The van der Waals surface area contributed by atoms with Crippen LogP contribution in [0.3, 0.4) is 0 Å². The van der Waals surface area contributed by atoms with E-state index in [4.69, 9.17) is 4.52 Å². The first-order valence-electron chi connectivity index (χ1n) is 6.44. The zero-order chi connectivity index (χ0) is 12.4. The molecule has 0 radical (unpaired) electrons. The van der Waals surface area contributed by atoms with Gasteiger partial charge in [-0.25, -0.2) is 0 Å². The zero-order valence-electron chi connectivity index (χ0n) is 10.9. The van der Waals surface area contributed by atoms with Gasteiger partial charge in [-0.1, -0.05) is 28.9 Å². The minimum absolute atomic E-state index is 0. The number of piperidine rings is 1. The standard InChI is InChI=1S/C14H17N3O.ClH/c1-10-3-2-4-12(9-10)13-16-14(18-17-13)11-5-7-15-8-6-11;/h2-4,9,11,15H,5-8H2,1H3;1H. The fourth-order valence-electron chi connectivity index (χ4n) is 2.37. The van der Waals surface area contributed by atoms with E-state index in [9.17, 15) is 0 Å². The van der Waals surface area contributed by atoms with Crippen LogP contribution in [0.4, 0.5) is 0 Å². The van der Waals surface area contributed by atoms with Crippen LogP contribution < -0.4 is 5.32 Å². The van der Waals surface area contributed by atoms with E-state index in [0.29, 0.717) is 11.7 Å². The lowest BCUT2D eigenvalue weighted by atomic mass is 9.98. The lowest BCUT2D eigenvalue weighted by Gasteiger charge is -2.18. The molecule has 102 valence electrons. The summed E-state index contributed by atoms with van der Waals surface area (Å²) in [4.78, 5) is 4.54. The number of aromatic nitrogens is 2. The highest BCUT2D eigenvalue weighted by molar-refractivity contribution is 5.85. The molecule has 19 heavy (non-hydrogen) atoms. The summed E-state index contributed by atoms with van der Waals surface area (Å²) < 4.78 is 5.41. The van der Waals surface area contributed by atoms with Gasteiger partial charge >= 0.3 is 0 Å². The molecular formula is C14H18ClN3O. The number of nitrogens with one attached hydrogen (secondary N) is 1. The number of aryl methyl sites for hydroxylation is 1. The fraction of sp³-hybridized carbons (Fsp3) is 0.429. The molecule has 0 atom stereocenters. The molecule has 1 aromatic heterocycles. The molecule has 0 bridgehead atoms. The minimum atomic E-state index is 0. The zero-order valence-corrected chi connectivity index (χ0v) is 11.7. The summed E-state index contributed by atoms with van der Waals surface area (Å²) in [5, 5.41) is 7.44. The van der Waals surface area contributed by atoms with E-state index in [2.05, 4.69) is 34.5 Å². The summed E-state index contributed by atoms with van der Waals surface area (Å²) in [6.45, 7) is 4.14. The van der Waals surface area contributed by atoms with Gasteiger partial charge in [0.15, 0.2) is 0 Å². The molecular weight excluding hydrogens is 262 g/mol. The molecule has 1 N–H and O–H groups in total. The number of hydrogen-bond donors (Lipinski definition) is 1. The Kier molecular flexibility index (Phi) is 4.56. The molecule has 3 rings (SSSR count). The number of hydrogen-bond acceptors (Lipinski definition) is 4. The van der Waals surface area contributed by atoms with Gasteiger partial charge in [-0.15, -0.1) is 12.4 Å². The predicted octanol–water partition coefficient (Wildman–Crippen LogP) is 2.93. The quantitative estimate of drug-likeness (QED) is 0.918. The highest BCUT2D eigenvalue weighted by Gasteiger charge is 2.21. The molecule has 1 saturated heterocycles. The van der Waals surface area contributed by atoms with Crippen molar-refractivity contribution in [2.75, 3.05) is 13.1 Å². The Morgan fingerprint density at radius 2 is 2.05 bits per heavy atom. The second-order valence-electron chi connectivity index (χ2n) is 4.85. The molecule has 2 aromatic rings. The van der Waals surface area contributed by atoms with Gasteiger partial charge in [0.05, 0.1) is 0 Å². The molecule has 0 aliphatic carbocycles. The summed E-state index contributed by atoms with van der Waals surface area (Å²) in [7, 11) is 0. The highest BCUT2D eigenvalue weighted by atomic mass is 35.5. The second-order valence-corrected chi connectivity index (χ2v) is 4.85. The van der Waals surface area contributed by atoms with E-state index in [1.165, 1.54) is 5.56 Å². The van der Waals surface area contributed by atoms with E-state index in [0.717, 1.165) is 37.4 Å². The minimum Gasteiger partial charge on any atom is -0.339 e. The Morgan fingerprint density at radius 1 is 1.26 bits per heavy atom. The van der Waals surface area contributed by atoms with E-state index in [1.54, 1.807) is 0 Å². The third-order valence-electron chi connectivity index (χ3n) is 3.41. The summed E-state index contributed by atoms with van der Waals surface area (Å²) >= 11 is 0. The Bertz CT molecular complexity index is 535. The Morgan fingerprint density at radius 3 is 2.79 bits per heavy atom. The van der Waals surface area contributed by atoms with Crippen LogP contribution in [0.5, 0.6) is 0 Å². The normalized spacial score (nSPS) is 16.1. The topological polar surface area (TPSA) is 51.0 Å². The SMILES string of the molecule is Cc1cccc(-c2noc(C3CCNCC3)n2)c1.Cl. The summed E-state index contributed by atoms with van der Waals surface area (Å²) in [5.41, 5.74) is 2.24. The number of halogens is 1. The molecule has 1 aromatic carbocycles. The van der Waals surface area contributed by atoms with Gasteiger partial charge in [0, 0.05) is 11.5 Å². The molecule has 4 nitrogen and oxygen atoms in total. The van der Waals surface area contributed by atoms with Crippen LogP contribution in [0.15, 0.2) is 28.8 Å². The van der Waals surface area contributed by atoms with Crippen LogP contribution in [-0.2, 0) is 0 Å². The molecule has 0 saturated carbocycles. The first kappa shape index (κ1) is 14.0. The van der Waals surface area contributed by atoms with Gasteiger partial charge in [0.25, 0.3) is 0 Å². The van der Waals surface area contributed by atoms with Crippen molar-refractivity contribution >= 4 is 12.4 Å². The smallest absolute Gasteiger partial charge is 0.230 e. The average molecular weight is 280 g/mol. The van der Waals surface area contributed by atoms with E-state index < -0.39 is 0 Å². The van der Waals surface area contributed by atoms with Crippen molar-refractivity contribution < 1.29 is 4.52 Å². The van der Waals surface area contributed by atoms with Crippen molar-refractivity contribution in [2.24, 2.45) is 0 Å². The van der Waals surface area contributed by atoms with Gasteiger partial charge in [-0.2, -0.15) is 4.98 Å². The Hall–Kier alpha value is -1.39. The van der Waals surface area contributed by atoms with Gasteiger partial charge in [-0.05, 0) is 38.9 Å². The number of benzene rings is 1. The fourth-order valence-corrected chi connectivity index (χ4v) is 2.37. The third-order valence-corrected chi connectivity index (χ3v) is 3.41. The van der Waals surface area contributed by atoms with E-state index in [1.807, 2.05) is 12.1 Å². The first-order chi connectivity index (χ1) is 8.83. The third kappa shape index (κ3) is 3.14. The van der Waals surface area contributed by atoms with Crippen molar-refractivity contribution in [3.63, 3.8) is 0 Å². The van der Waals surface area contributed by atoms with Crippen LogP contribution in [0, 0.1) is 6.92 Å². The maximum Gasteiger partial charge on any atom is 0.230 e. The van der Waals surface area contributed by atoms with Crippen molar-refractivity contribution in [2.45, 2.75) is 25.7 Å². The maximum atomic E-state index is 5.41. The Labute approximate surface area is 119 Å². The van der Waals surface area contributed by atoms with E-state index >= 15 is 0 Å². The number of rotatable bonds is 2. The second kappa shape index (κ2) is 6.17. The van der Waals surface area contributed by atoms with Crippen LogP contribution >= 0.6 is 12.4 Å². The van der Waals surface area contributed by atoms with Crippen LogP contribution in [0.25, 0.3) is 11.4 Å². The van der Waals surface area contributed by atoms with Crippen LogP contribution in [0.1, 0.15) is 30.2 Å². The average Bonchev–Trinajstić information content (AvgIpc) is 2.89. The van der Waals surface area contributed by atoms with E-state index in [-0.39, 0.29) is 12.4 Å². The maximum absolute atomic E-state index is 5.41. The lowest BCUT2D eigenvalue weighted by molar-refractivity contribution is 0.320. The molecule has 1 aliphatic rings. The van der Waals surface area contributed by atoms with Gasteiger partial charge in [0.1, 0.15) is 0 Å². The van der Waals surface area contributed by atoms with Crippen molar-refractivity contribution in [1.29, 1.82) is 0 Å². The predicted molar refractivity (Wildman–Crippen MR) is 76.6 cm³/mol. The van der Waals surface area contributed by atoms with Gasteiger partial charge < -0.3 is 9.84 Å².